The average Bonchev–Trinajstić information content (AvgIpc) is 2.40. The van der Waals surface area contributed by atoms with E-state index >= 15 is 0 Å². The van der Waals surface area contributed by atoms with E-state index in [1.54, 1.807) is 4.90 Å². The summed E-state index contributed by atoms with van der Waals surface area (Å²) in [7, 11) is 1.37. The third-order valence-corrected chi connectivity index (χ3v) is 5.62. The smallest absolute Gasteiger partial charge is 0.262 e. The Labute approximate surface area is 134 Å². The van der Waals surface area contributed by atoms with Crippen molar-refractivity contribution in [2.45, 2.75) is 37.6 Å². The van der Waals surface area contributed by atoms with Gasteiger partial charge in [0.2, 0.25) is 0 Å². The zero-order valence-corrected chi connectivity index (χ0v) is 14.2. The van der Waals surface area contributed by atoms with Gasteiger partial charge in [-0.2, -0.15) is 0 Å². The molecule has 1 heterocycles. The Kier molecular flexibility index (Phi) is 4.85. The molecule has 4 nitrogen and oxygen atoms in total. The van der Waals surface area contributed by atoms with Crippen molar-refractivity contribution in [2.24, 2.45) is 5.92 Å². The van der Waals surface area contributed by atoms with E-state index < -0.39 is 9.05 Å². The van der Waals surface area contributed by atoms with Gasteiger partial charge in [0.15, 0.2) is 0 Å². The summed E-state index contributed by atoms with van der Waals surface area (Å²) in [6, 6.07) is 4.31. The van der Waals surface area contributed by atoms with Crippen LogP contribution in [0.3, 0.4) is 0 Å². The van der Waals surface area contributed by atoms with Gasteiger partial charge in [-0.25, -0.2) is 8.42 Å². The number of hydrogen-bond donors (Lipinski definition) is 0. The minimum atomic E-state index is -3.97. The van der Waals surface area contributed by atoms with Gasteiger partial charge in [0, 0.05) is 28.8 Å². The standard InChI is InChI=1S/C14H17Cl2NO3S/c1-9-3-4-10(2)17(8-9)14(18)11-5-6-12(15)13(7-11)21(16,19)20/h5-7,9-10H,3-4,8H2,1-2H3. The lowest BCUT2D eigenvalue weighted by Crippen LogP contribution is -2.44. The van der Waals surface area contributed by atoms with Gasteiger partial charge in [0.05, 0.1) is 5.02 Å². The van der Waals surface area contributed by atoms with Crippen LogP contribution in [0.1, 0.15) is 37.0 Å². The van der Waals surface area contributed by atoms with Crippen molar-refractivity contribution in [3.05, 3.63) is 28.8 Å². The SMILES string of the molecule is CC1CCC(C)N(C(=O)c2ccc(Cl)c(S(=O)(=O)Cl)c2)C1. The minimum absolute atomic E-state index is 0.0154. The molecular formula is C14H17Cl2NO3S. The highest BCUT2D eigenvalue weighted by molar-refractivity contribution is 8.13. The maximum atomic E-state index is 12.6. The zero-order valence-electron chi connectivity index (χ0n) is 11.8. The Balaban J connectivity index is 2.36. The second kappa shape index (κ2) is 6.15. The van der Waals surface area contributed by atoms with E-state index in [0.29, 0.717) is 18.0 Å². The van der Waals surface area contributed by atoms with Crippen molar-refractivity contribution in [3.8, 4) is 0 Å². The summed E-state index contributed by atoms with van der Waals surface area (Å²) in [5.41, 5.74) is 0.291. The number of amides is 1. The van der Waals surface area contributed by atoms with Gasteiger partial charge in [-0.1, -0.05) is 18.5 Å². The molecule has 0 N–H and O–H groups in total. The van der Waals surface area contributed by atoms with Crippen molar-refractivity contribution < 1.29 is 13.2 Å². The predicted molar refractivity (Wildman–Crippen MR) is 83.4 cm³/mol. The highest BCUT2D eigenvalue weighted by atomic mass is 35.7. The molecule has 0 aliphatic carbocycles. The Morgan fingerprint density at radius 2 is 1.95 bits per heavy atom. The largest absolute Gasteiger partial charge is 0.336 e. The van der Waals surface area contributed by atoms with Gasteiger partial charge in [-0.05, 0) is 43.9 Å². The molecule has 0 radical (unpaired) electrons. The van der Waals surface area contributed by atoms with Gasteiger partial charge in [0.1, 0.15) is 4.90 Å². The molecule has 0 aromatic heterocycles. The molecule has 0 spiro atoms. The fraction of sp³-hybridized carbons (Fsp3) is 0.500. The Hall–Kier alpha value is -0.780. The van der Waals surface area contributed by atoms with Crippen molar-refractivity contribution in [1.29, 1.82) is 0 Å². The number of piperidine rings is 1. The third-order valence-electron chi connectivity index (χ3n) is 3.82. The van der Waals surface area contributed by atoms with Crippen LogP contribution in [-0.4, -0.2) is 31.8 Å². The lowest BCUT2D eigenvalue weighted by molar-refractivity contribution is 0.0574. The van der Waals surface area contributed by atoms with Gasteiger partial charge < -0.3 is 4.90 Å². The van der Waals surface area contributed by atoms with Crippen LogP contribution in [0.15, 0.2) is 23.1 Å². The van der Waals surface area contributed by atoms with Crippen LogP contribution in [-0.2, 0) is 9.05 Å². The van der Waals surface area contributed by atoms with Gasteiger partial charge in [-0.3, -0.25) is 4.79 Å². The molecule has 1 aromatic carbocycles. The van der Waals surface area contributed by atoms with E-state index in [0.717, 1.165) is 12.8 Å². The van der Waals surface area contributed by atoms with Gasteiger partial charge in [-0.15, -0.1) is 0 Å². The molecule has 1 amide bonds. The second-order valence-corrected chi connectivity index (χ2v) is 8.51. The van der Waals surface area contributed by atoms with E-state index in [1.165, 1.54) is 18.2 Å². The summed E-state index contributed by atoms with van der Waals surface area (Å²) in [6.45, 7) is 4.77. The molecule has 1 aliphatic rings. The topological polar surface area (TPSA) is 54.5 Å². The van der Waals surface area contributed by atoms with Crippen LogP contribution in [0.2, 0.25) is 5.02 Å². The molecule has 1 aromatic rings. The quantitative estimate of drug-likeness (QED) is 0.767. The van der Waals surface area contributed by atoms with Crippen molar-refractivity contribution in [1.82, 2.24) is 4.90 Å². The first-order valence-electron chi connectivity index (χ1n) is 6.75. The molecule has 116 valence electrons. The van der Waals surface area contributed by atoms with Crippen LogP contribution in [0, 0.1) is 5.92 Å². The van der Waals surface area contributed by atoms with Crippen molar-refractivity contribution >= 4 is 37.2 Å². The molecule has 7 heteroatoms. The van der Waals surface area contributed by atoms with Crippen molar-refractivity contribution in [3.63, 3.8) is 0 Å². The maximum Gasteiger partial charge on any atom is 0.262 e. The predicted octanol–water partition coefficient (Wildman–Crippen LogP) is 3.53. The van der Waals surface area contributed by atoms with Crippen LogP contribution >= 0.6 is 22.3 Å². The molecule has 1 saturated heterocycles. The molecule has 2 atom stereocenters. The molecule has 21 heavy (non-hydrogen) atoms. The van der Waals surface area contributed by atoms with Gasteiger partial charge in [0.25, 0.3) is 15.0 Å². The molecule has 1 fully saturated rings. The first-order chi connectivity index (χ1) is 9.70. The fourth-order valence-electron chi connectivity index (χ4n) is 2.56. The number of likely N-dealkylation sites (tertiary alicyclic amines) is 1. The summed E-state index contributed by atoms with van der Waals surface area (Å²) >= 11 is 5.83. The molecular weight excluding hydrogens is 333 g/mol. The summed E-state index contributed by atoms with van der Waals surface area (Å²) in [5, 5.41) is 0.0154. The van der Waals surface area contributed by atoms with Crippen LogP contribution in [0.5, 0.6) is 0 Å². The molecule has 2 unspecified atom stereocenters. The zero-order chi connectivity index (χ0) is 15.8. The Morgan fingerprint density at radius 1 is 1.29 bits per heavy atom. The second-order valence-electron chi connectivity index (χ2n) is 5.57. The summed E-state index contributed by atoms with van der Waals surface area (Å²) < 4.78 is 23.0. The van der Waals surface area contributed by atoms with E-state index in [1.807, 2.05) is 6.92 Å². The first-order valence-corrected chi connectivity index (χ1v) is 9.44. The Morgan fingerprint density at radius 3 is 2.57 bits per heavy atom. The van der Waals surface area contributed by atoms with E-state index in [9.17, 15) is 13.2 Å². The molecule has 2 rings (SSSR count). The lowest BCUT2D eigenvalue weighted by atomic mass is 9.94. The number of carbonyl (C=O) groups excluding carboxylic acids is 1. The highest BCUT2D eigenvalue weighted by Gasteiger charge is 2.28. The van der Waals surface area contributed by atoms with Crippen molar-refractivity contribution in [2.75, 3.05) is 6.54 Å². The van der Waals surface area contributed by atoms with Crippen LogP contribution < -0.4 is 0 Å². The Bertz CT molecular complexity index is 660. The highest BCUT2D eigenvalue weighted by Crippen LogP contribution is 2.28. The molecule has 1 aliphatic heterocycles. The molecule has 0 bridgehead atoms. The number of rotatable bonds is 2. The normalized spacial score (nSPS) is 23.1. The van der Waals surface area contributed by atoms with Crippen LogP contribution in [0.25, 0.3) is 0 Å². The number of carbonyl (C=O) groups is 1. The number of halogens is 2. The van der Waals surface area contributed by atoms with Crippen LogP contribution in [0.4, 0.5) is 0 Å². The van der Waals surface area contributed by atoms with Gasteiger partial charge >= 0.3 is 0 Å². The monoisotopic (exact) mass is 349 g/mol. The first kappa shape index (κ1) is 16.6. The number of nitrogens with zero attached hydrogens (tertiary/aromatic N) is 1. The summed E-state index contributed by atoms with van der Waals surface area (Å²) in [5.74, 6) is 0.251. The third kappa shape index (κ3) is 3.71. The summed E-state index contributed by atoms with van der Waals surface area (Å²) in [6.07, 6.45) is 2.04. The average molecular weight is 350 g/mol. The van der Waals surface area contributed by atoms with E-state index in [2.05, 4.69) is 6.92 Å². The fourth-order valence-corrected chi connectivity index (χ4v) is 4.05. The number of hydrogen-bond acceptors (Lipinski definition) is 3. The van der Waals surface area contributed by atoms with E-state index in [4.69, 9.17) is 22.3 Å². The lowest BCUT2D eigenvalue weighted by Gasteiger charge is -2.37. The summed E-state index contributed by atoms with van der Waals surface area (Å²) in [4.78, 5) is 14.1. The maximum absolute atomic E-state index is 12.6. The number of benzene rings is 1. The van der Waals surface area contributed by atoms with E-state index in [-0.39, 0.29) is 21.9 Å². The minimum Gasteiger partial charge on any atom is -0.336 e. The molecule has 0 saturated carbocycles.